The second kappa shape index (κ2) is 11.6. The molecule has 0 fully saturated rings. The Bertz CT molecular complexity index is 985. The topological polar surface area (TPSA) is 78.5 Å². The Labute approximate surface area is 186 Å². The standard InChI is InChI=1S/C24H25F2N3O3/c1-4-10-29(3)24(32)21(18-8-6-5-7-9-18)15-28-23(31)16(2)22(30)27-14-17-11-19(25)13-20(26)12-17/h1,5-9,11-13,16,21H,10,14-15H2,2-3H3,(H,27,30)(H,28,31). The SMILES string of the molecule is C#CCN(C)C(=O)C(CNC(=O)C(C)C(=O)NCc1cc(F)cc(F)c1)c1ccccc1. The predicted octanol–water partition coefficient (Wildman–Crippen LogP) is 2.21. The second-order valence-corrected chi connectivity index (χ2v) is 7.32. The summed E-state index contributed by atoms with van der Waals surface area (Å²) in [5.41, 5.74) is 0.932. The third-order valence-electron chi connectivity index (χ3n) is 4.86. The number of carbonyl (C=O) groups is 3. The molecule has 2 unspecified atom stereocenters. The van der Waals surface area contributed by atoms with Gasteiger partial charge in [0.25, 0.3) is 0 Å². The lowest BCUT2D eigenvalue weighted by molar-refractivity contribution is -0.134. The van der Waals surface area contributed by atoms with Crippen molar-refractivity contribution in [3.8, 4) is 12.3 Å². The molecular formula is C24H25F2N3O3. The van der Waals surface area contributed by atoms with Crippen LogP contribution in [0.5, 0.6) is 0 Å². The van der Waals surface area contributed by atoms with Crippen molar-refractivity contribution in [1.29, 1.82) is 0 Å². The van der Waals surface area contributed by atoms with Crippen molar-refractivity contribution in [2.45, 2.75) is 19.4 Å². The van der Waals surface area contributed by atoms with Crippen LogP contribution in [0.4, 0.5) is 8.78 Å². The van der Waals surface area contributed by atoms with Crippen LogP contribution in [0.15, 0.2) is 48.5 Å². The van der Waals surface area contributed by atoms with Gasteiger partial charge in [-0.15, -0.1) is 6.42 Å². The lowest BCUT2D eigenvalue weighted by Crippen LogP contribution is -2.43. The molecular weight excluding hydrogens is 416 g/mol. The summed E-state index contributed by atoms with van der Waals surface area (Å²) >= 11 is 0. The number of hydrogen-bond acceptors (Lipinski definition) is 3. The lowest BCUT2D eigenvalue weighted by atomic mass is 9.97. The molecule has 3 amide bonds. The van der Waals surface area contributed by atoms with Crippen LogP contribution >= 0.6 is 0 Å². The maximum Gasteiger partial charge on any atom is 0.232 e. The smallest absolute Gasteiger partial charge is 0.232 e. The average Bonchev–Trinajstić information content (AvgIpc) is 2.77. The van der Waals surface area contributed by atoms with Gasteiger partial charge in [0.1, 0.15) is 17.6 Å². The van der Waals surface area contributed by atoms with Crippen LogP contribution in [0.3, 0.4) is 0 Å². The molecule has 2 rings (SSSR count). The molecule has 2 atom stereocenters. The quantitative estimate of drug-likeness (QED) is 0.463. The van der Waals surface area contributed by atoms with Crippen LogP contribution < -0.4 is 10.6 Å². The van der Waals surface area contributed by atoms with Crippen LogP contribution in [0.1, 0.15) is 24.0 Å². The van der Waals surface area contributed by atoms with E-state index in [-0.39, 0.29) is 31.1 Å². The van der Waals surface area contributed by atoms with E-state index in [0.717, 1.165) is 18.2 Å². The number of rotatable bonds is 9. The van der Waals surface area contributed by atoms with E-state index in [1.54, 1.807) is 31.3 Å². The molecule has 0 aromatic heterocycles. The first-order valence-electron chi connectivity index (χ1n) is 9.96. The van der Waals surface area contributed by atoms with E-state index in [1.165, 1.54) is 11.8 Å². The summed E-state index contributed by atoms with van der Waals surface area (Å²) in [7, 11) is 1.57. The number of terminal acetylenes is 1. The zero-order valence-electron chi connectivity index (χ0n) is 17.9. The van der Waals surface area contributed by atoms with Crippen molar-refractivity contribution in [1.82, 2.24) is 15.5 Å². The first kappa shape index (κ1) is 24.5. The maximum absolute atomic E-state index is 13.3. The zero-order chi connectivity index (χ0) is 23.7. The molecule has 0 heterocycles. The summed E-state index contributed by atoms with van der Waals surface area (Å²) < 4.78 is 26.5. The number of carbonyl (C=O) groups excluding carboxylic acids is 3. The first-order chi connectivity index (χ1) is 15.2. The fraction of sp³-hybridized carbons (Fsp3) is 0.292. The molecule has 2 N–H and O–H groups in total. The third kappa shape index (κ3) is 6.91. The molecule has 8 heteroatoms. The van der Waals surface area contributed by atoms with Crippen LogP contribution in [-0.2, 0) is 20.9 Å². The number of nitrogens with zero attached hydrogens (tertiary/aromatic N) is 1. The second-order valence-electron chi connectivity index (χ2n) is 7.32. The van der Waals surface area contributed by atoms with Gasteiger partial charge in [-0.1, -0.05) is 36.3 Å². The van der Waals surface area contributed by atoms with Crippen molar-refractivity contribution in [2.75, 3.05) is 20.1 Å². The van der Waals surface area contributed by atoms with E-state index < -0.39 is 35.3 Å². The van der Waals surface area contributed by atoms with E-state index in [9.17, 15) is 23.2 Å². The van der Waals surface area contributed by atoms with Crippen molar-refractivity contribution >= 4 is 17.7 Å². The van der Waals surface area contributed by atoms with Gasteiger partial charge in [-0.25, -0.2) is 8.78 Å². The van der Waals surface area contributed by atoms with E-state index in [1.807, 2.05) is 6.07 Å². The zero-order valence-corrected chi connectivity index (χ0v) is 17.9. The van der Waals surface area contributed by atoms with E-state index >= 15 is 0 Å². The molecule has 0 saturated heterocycles. The summed E-state index contributed by atoms with van der Waals surface area (Å²) in [6.45, 7) is 1.37. The van der Waals surface area contributed by atoms with Crippen molar-refractivity contribution in [2.24, 2.45) is 5.92 Å². The summed E-state index contributed by atoms with van der Waals surface area (Å²) in [4.78, 5) is 39.0. The molecule has 2 aromatic rings. The Morgan fingerprint density at radius 2 is 1.62 bits per heavy atom. The number of nitrogens with one attached hydrogen (secondary N) is 2. The fourth-order valence-corrected chi connectivity index (χ4v) is 3.04. The lowest BCUT2D eigenvalue weighted by Gasteiger charge is -2.23. The summed E-state index contributed by atoms with van der Waals surface area (Å²) in [6.07, 6.45) is 5.29. The molecule has 0 saturated carbocycles. The first-order valence-corrected chi connectivity index (χ1v) is 9.96. The van der Waals surface area contributed by atoms with E-state index in [2.05, 4.69) is 16.6 Å². The highest BCUT2D eigenvalue weighted by atomic mass is 19.1. The van der Waals surface area contributed by atoms with Crippen LogP contribution in [0.25, 0.3) is 0 Å². The highest BCUT2D eigenvalue weighted by Gasteiger charge is 2.27. The third-order valence-corrected chi connectivity index (χ3v) is 4.86. The molecule has 0 radical (unpaired) electrons. The molecule has 0 aliphatic carbocycles. The van der Waals surface area contributed by atoms with Crippen molar-refractivity contribution < 1.29 is 23.2 Å². The molecule has 6 nitrogen and oxygen atoms in total. The Morgan fingerprint density at radius 1 is 1.03 bits per heavy atom. The summed E-state index contributed by atoms with van der Waals surface area (Å²) in [5.74, 6) is -2.33. The minimum absolute atomic E-state index is 0.0245. The van der Waals surface area contributed by atoms with Crippen molar-refractivity contribution in [3.05, 3.63) is 71.3 Å². The van der Waals surface area contributed by atoms with Gasteiger partial charge in [0, 0.05) is 26.2 Å². The van der Waals surface area contributed by atoms with Gasteiger partial charge >= 0.3 is 0 Å². The number of amides is 3. The Kier molecular flexibility index (Phi) is 8.90. The molecule has 32 heavy (non-hydrogen) atoms. The molecule has 0 aliphatic rings. The minimum atomic E-state index is -1.08. The van der Waals surface area contributed by atoms with Crippen molar-refractivity contribution in [3.63, 3.8) is 0 Å². The molecule has 2 aromatic carbocycles. The minimum Gasteiger partial charge on any atom is -0.354 e. The molecule has 0 spiro atoms. The Morgan fingerprint density at radius 3 is 2.22 bits per heavy atom. The van der Waals surface area contributed by atoms with Gasteiger partial charge in [0.05, 0.1) is 12.5 Å². The normalized spacial score (nSPS) is 12.2. The van der Waals surface area contributed by atoms with Gasteiger partial charge in [-0.2, -0.15) is 0 Å². The van der Waals surface area contributed by atoms with E-state index in [4.69, 9.17) is 6.42 Å². The van der Waals surface area contributed by atoms with Gasteiger partial charge in [-0.3, -0.25) is 14.4 Å². The number of likely N-dealkylation sites (N-methyl/N-ethyl adjacent to an activating group) is 1. The number of benzene rings is 2. The average molecular weight is 441 g/mol. The highest BCUT2D eigenvalue weighted by molar-refractivity contribution is 6.00. The molecule has 0 aliphatic heterocycles. The Balaban J connectivity index is 1.99. The van der Waals surface area contributed by atoms with Crippen LogP contribution in [0, 0.1) is 29.9 Å². The van der Waals surface area contributed by atoms with Gasteiger partial charge in [0.2, 0.25) is 17.7 Å². The summed E-state index contributed by atoms with van der Waals surface area (Å²) in [5, 5.41) is 5.12. The largest absolute Gasteiger partial charge is 0.354 e. The van der Waals surface area contributed by atoms with Gasteiger partial charge in [0.15, 0.2) is 0 Å². The molecule has 0 bridgehead atoms. The predicted molar refractivity (Wildman–Crippen MR) is 116 cm³/mol. The number of hydrogen-bond donors (Lipinski definition) is 2. The highest BCUT2D eigenvalue weighted by Crippen LogP contribution is 2.17. The Hall–Kier alpha value is -3.73. The molecule has 168 valence electrons. The van der Waals surface area contributed by atoms with Gasteiger partial charge in [-0.05, 0) is 30.2 Å². The van der Waals surface area contributed by atoms with Crippen LogP contribution in [-0.4, -0.2) is 42.8 Å². The monoisotopic (exact) mass is 441 g/mol. The van der Waals surface area contributed by atoms with Crippen LogP contribution in [0.2, 0.25) is 0 Å². The van der Waals surface area contributed by atoms with E-state index in [0.29, 0.717) is 5.56 Å². The fourth-order valence-electron chi connectivity index (χ4n) is 3.04. The maximum atomic E-state index is 13.3. The van der Waals surface area contributed by atoms with Gasteiger partial charge < -0.3 is 15.5 Å². The summed E-state index contributed by atoms with van der Waals surface area (Å²) in [6, 6.07) is 11.8. The number of halogens is 2.